The highest BCUT2D eigenvalue weighted by Crippen LogP contribution is 2.26. The van der Waals surface area contributed by atoms with E-state index in [0.29, 0.717) is 11.6 Å². The minimum Gasteiger partial charge on any atom is -0.377 e. The van der Waals surface area contributed by atoms with Crippen LogP contribution in [-0.2, 0) is 4.74 Å². The molecule has 17 heavy (non-hydrogen) atoms. The molecule has 2 heterocycles. The Balaban J connectivity index is 1.80. The molecule has 2 aliphatic heterocycles. The van der Waals surface area contributed by atoms with Crippen molar-refractivity contribution in [2.75, 3.05) is 33.3 Å². The van der Waals surface area contributed by atoms with Crippen LogP contribution >= 0.6 is 0 Å². The molecule has 0 spiro atoms. The van der Waals surface area contributed by atoms with Crippen LogP contribution in [0.2, 0.25) is 0 Å². The molecule has 0 radical (unpaired) electrons. The average molecular weight is 240 g/mol. The average Bonchev–Trinajstić information content (AvgIpc) is 2.90. The van der Waals surface area contributed by atoms with Gasteiger partial charge in [0.2, 0.25) is 0 Å². The summed E-state index contributed by atoms with van der Waals surface area (Å²) in [5, 5.41) is 3.74. The quantitative estimate of drug-likeness (QED) is 0.769. The minimum atomic E-state index is 0.391. The van der Waals surface area contributed by atoms with Gasteiger partial charge in [0.05, 0.1) is 6.10 Å². The van der Waals surface area contributed by atoms with Crippen LogP contribution < -0.4 is 5.32 Å². The van der Waals surface area contributed by atoms with Crippen molar-refractivity contribution in [1.29, 1.82) is 0 Å². The molecule has 3 heteroatoms. The zero-order valence-corrected chi connectivity index (χ0v) is 11.5. The second kappa shape index (κ2) is 6.17. The summed E-state index contributed by atoms with van der Waals surface area (Å²) < 4.78 is 5.72. The monoisotopic (exact) mass is 240 g/mol. The van der Waals surface area contributed by atoms with E-state index in [1.165, 1.54) is 51.6 Å². The van der Waals surface area contributed by atoms with Crippen molar-refractivity contribution in [1.82, 2.24) is 10.2 Å². The number of rotatable bonds is 6. The zero-order valence-electron chi connectivity index (χ0n) is 11.5. The summed E-state index contributed by atoms with van der Waals surface area (Å²) >= 11 is 0. The second-order valence-corrected chi connectivity index (χ2v) is 5.89. The topological polar surface area (TPSA) is 24.5 Å². The van der Waals surface area contributed by atoms with Gasteiger partial charge in [0.1, 0.15) is 0 Å². The Kier molecular flexibility index (Phi) is 4.83. The van der Waals surface area contributed by atoms with Crippen molar-refractivity contribution < 1.29 is 4.74 Å². The lowest BCUT2D eigenvalue weighted by Gasteiger charge is -2.34. The van der Waals surface area contributed by atoms with Crippen LogP contribution in [-0.4, -0.2) is 49.8 Å². The maximum Gasteiger partial charge on any atom is 0.0702 e. The summed E-state index contributed by atoms with van der Waals surface area (Å²) in [6.07, 6.45) is 8.25. The van der Waals surface area contributed by atoms with Gasteiger partial charge in [0.25, 0.3) is 0 Å². The Bertz CT molecular complexity index is 220. The molecule has 2 atom stereocenters. The SMILES string of the molecule is CCCC1(CN(C)CC2CCCO2)CCCN1. The Morgan fingerprint density at radius 1 is 1.41 bits per heavy atom. The number of ether oxygens (including phenoxy) is 1. The number of nitrogens with one attached hydrogen (secondary N) is 1. The number of hydrogen-bond donors (Lipinski definition) is 1. The Morgan fingerprint density at radius 2 is 2.29 bits per heavy atom. The fourth-order valence-electron chi connectivity index (χ4n) is 3.49. The highest BCUT2D eigenvalue weighted by molar-refractivity contribution is 4.95. The fraction of sp³-hybridized carbons (Fsp3) is 1.00. The predicted octanol–water partition coefficient (Wildman–Crippen LogP) is 2.02. The van der Waals surface area contributed by atoms with Gasteiger partial charge in [-0.3, -0.25) is 0 Å². The molecule has 3 nitrogen and oxygen atoms in total. The van der Waals surface area contributed by atoms with Crippen LogP contribution in [0.25, 0.3) is 0 Å². The molecule has 0 aliphatic carbocycles. The molecule has 100 valence electrons. The molecule has 0 bridgehead atoms. The van der Waals surface area contributed by atoms with Crippen LogP contribution in [0.5, 0.6) is 0 Å². The highest BCUT2D eigenvalue weighted by Gasteiger charge is 2.34. The van der Waals surface area contributed by atoms with E-state index in [4.69, 9.17) is 4.74 Å². The van der Waals surface area contributed by atoms with E-state index in [1.807, 2.05) is 0 Å². The van der Waals surface area contributed by atoms with Crippen LogP contribution in [0.4, 0.5) is 0 Å². The molecule has 2 unspecified atom stereocenters. The molecule has 0 aromatic heterocycles. The largest absolute Gasteiger partial charge is 0.377 e. The van der Waals surface area contributed by atoms with Crippen LogP contribution in [0.3, 0.4) is 0 Å². The maximum atomic E-state index is 5.72. The van der Waals surface area contributed by atoms with Gasteiger partial charge in [-0.25, -0.2) is 0 Å². The second-order valence-electron chi connectivity index (χ2n) is 5.89. The smallest absolute Gasteiger partial charge is 0.0702 e. The third-order valence-electron chi connectivity index (χ3n) is 4.17. The van der Waals surface area contributed by atoms with E-state index in [9.17, 15) is 0 Å². The molecule has 2 aliphatic rings. The van der Waals surface area contributed by atoms with Gasteiger partial charge in [-0.1, -0.05) is 13.3 Å². The van der Waals surface area contributed by atoms with Gasteiger partial charge in [0.15, 0.2) is 0 Å². The molecule has 0 amide bonds. The maximum absolute atomic E-state index is 5.72. The molecular formula is C14H28N2O. The van der Waals surface area contributed by atoms with Gasteiger partial charge in [0, 0.05) is 25.2 Å². The molecule has 0 saturated carbocycles. The molecule has 2 fully saturated rings. The number of likely N-dealkylation sites (N-methyl/N-ethyl adjacent to an activating group) is 1. The summed E-state index contributed by atoms with van der Waals surface area (Å²) in [7, 11) is 2.25. The number of nitrogens with zero attached hydrogens (tertiary/aromatic N) is 1. The van der Waals surface area contributed by atoms with E-state index in [-0.39, 0.29) is 0 Å². The summed E-state index contributed by atoms with van der Waals surface area (Å²) in [6, 6.07) is 0. The molecular weight excluding hydrogens is 212 g/mol. The third-order valence-corrected chi connectivity index (χ3v) is 4.17. The Morgan fingerprint density at radius 3 is 2.88 bits per heavy atom. The summed E-state index contributed by atoms with van der Waals surface area (Å²) in [5.74, 6) is 0. The van der Waals surface area contributed by atoms with Gasteiger partial charge >= 0.3 is 0 Å². The Labute approximate surface area is 106 Å². The fourth-order valence-corrected chi connectivity index (χ4v) is 3.49. The lowest BCUT2D eigenvalue weighted by atomic mass is 9.91. The van der Waals surface area contributed by atoms with E-state index in [0.717, 1.165) is 13.2 Å². The molecule has 1 N–H and O–H groups in total. The van der Waals surface area contributed by atoms with E-state index >= 15 is 0 Å². The molecule has 2 saturated heterocycles. The summed E-state index contributed by atoms with van der Waals surface area (Å²) in [4.78, 5) is 2.48. The van der Waals surface area contributed by atoms with Gasteiger partial charge in [-0.05, 0) is 45.7 Å². The van der Waals surface area contributed by atoms with E-state index in [1.54, 1.807) is 0 Å². The molecule has 0 aromatic carbocycles. The van der Waals surface area contributed by atoms with Gasteiger partial charge in [-0.15, -0.1) is 0 Å². The third kappa shape index (κ3) is 3.67. The van der Waals surface area contributed by atoms with E-state index in [2.05, 4.69) is 24.2 Å². The normalized spacial score (nSPS) is 33.7. The Hall–Kier alpha value is -0.120. The van der Waals surface area contributed by atoms with Gasteiger partial charge in [-0.2, -0.15) is 0 Å². The minimum absolute atomic E-state index is 0.391. The summed E-state index contributed by atoms with van der Waals surface area (Å²) in [5.41, 5.74) is 0.391. The summed E-state index contributed by atoms with van der Waals surface area (Å²) in [6.45, 7) is 6.75. The zero-order chi connectivity index (χ0) is 12.1. The lowest BCUT2D eigenvalue weighted by Crippen LogP contribution is -2.50. The van der Waals surface area contributed by atoms with Crippen molar-refractivity contribution in [3.05, 3.63) is 0 Å². The standard InChI is InChI=1S/C14H28N2O/c1-3-7-14(8-5-9-15-14)12-16(2)11-13-6-4-10-17-13/h13,15H,3-12H2,1-2H3. The van der Waals surface area contributed by atoms with Crippen molar-refractivity contribution >= 4 is 0 Å². The first-order valence-electron chi connectivity index (χ1n) is 7.29. The predicted molar refractivity (Wildman–Crippen MR) is 71.3 cm³/mol. The molecule has 0 aromatic rings. The van der Waals surface area contributed by atoms with Gasteiger partial charge < -0.3 is 15.0 Å². The van der Waals surface area contributed by atoms with Crippen LogP contribution in [0.1, 0.15) is 45.4 Å². The number of hydrogen-bond acceptors (Lipinski definition) is 3. The van der Waals surface area contributed by atoms with Crippen molar-refractivity contribution in [2.45, 2.75) is 57.1 Å². The lowest BCUT2D eigenvalue weighted by molar-refractivity contribution is 0.0716. The first-order valence-corrected chi connectivity index (χ1v) is 7.29. The van der Waals surface area contributed by atoms with Crippen molar-refractivity contribution in [2.24, 2.45) is 0 Å². The highest BCUT2D eigenvalue weighted by atomic mass is 16.5. The van der Waals surface area contributed by atoms with Crippen molar-refractivity contribution in [3.8, 4) is 0 Å². The first-order chi connectivity index (χ1) is 8.24. The van der Waals surface area contributed by atoms with Crippen molar-refractivity contribution in [3.63, 3.8) is 0 Å². The first kappa shape index (κ1) is 13.3. The van der Waals surface area contributed by atoms with Crippen LogP contribution in [0, 0.1) is 0 Å². The molecule has 2 rings (SSSR count). The van der Waals surface area contributed by atoms with E-state index < -0.39 is 0 Å². The van der Waals surface area contributed by atoms with Crippen LogP contribution in [0.15, 0.2) is 0 Å².